The first-order chi connectivity index (χ1) is 9.34. The normalized spacial score (nSPS) is 11.4. The summed E-state index contributed by atoms with van der Waals surface area (Å²) in [6, 6.07) is 5.38. The number of methoxy groups -OCH3 is 1. The van der Waals surface area contributed by atoms with E-state index in [0.29, 0.717) is 0 Å². The van der Waals surface area contributed by atoms with Crippen molar-refractivity contribution in [1.29, 1.82) is 0 Å². The molecule has 0 aliphatic heterocycles. The third-order valence-corrected chi connectivity index (χ3v) is 2.68. The molecule has 0 atom stereocenters. The number of carboxylic acid groups (broad SMARTS) is 1. The van der Waals surface area contributed by atoms with Crippen LogP contribution < -0.4 is 4.74 Å². The van der Waals surface area contributed by atoms with E-state index in [2.05, 4.69) is 5.16 Å². The zero-order valence-electron chi connectivity index (χ0n) is 10.7. The minimum atomic E-state index is -3.18. The van der Waals surface area contributed by atoms with Crippen molar-refractivity contribution in [3.05, 3.63) is 35.5 Å². The Morgan fingerprint density at radius 2 is 2.15 bits per heavy atom. The SMILES string of the molecule is COc1cccc(-c2cc(C(=O)O)no2)c1C(C)(F)F. The van der Waals surface area contributed by atoms with Crippen LogP contribution in [0.1, 0.15) is 23.0 Å². The van der Waals surface area contributed by atoms with Crippen molar-refractivity contribution in [3.63, 3.8) is 0 Å². The summed E-state index contributed by atoms with van der Waals surface area (Å²) in [5.74, 6) is -4.55. The van der Waals surface area contributed by atoms with Crippen molar-refractivity contribution in [3.8, 4) is 17.1 Å². The second kappa shape index (κ2) is 4.92. The van der Waals surface area contributed by atoms with Gasteiger partial charge in [0.05, 0.1) is 12.7 Å². The molecule has 20 heavy (non-hydrogen) atoms. The van der Waals surface area contributed by atoms with E-state index in [4.69, 9.17) is 14.4 Å². The predicted molar refractivity (Wildman–Crippen MR) is 65.0 cm³/mol. The lowest BCUT2D eigenvalue weighted by molar-refractivity contribution is 0.0155. The lowest BCUT2D eigenvalue weighted by Gasteiger charge is -2.17. The summed E-state index contributed by atoms with van der Waals surface area (Å²) in [7, 11) is 1.28. The molecular weight excluding hydrogens is 272 g/mol. The lowest BCUT2D eigenvalue weighted by Crippen LogP contribution is -2.11. The molecule has 0 bridgehead atoms. The molecule has 1 aromatic heterocycles. The smallest absolute Gasteiger partial charge is 0.358 e. The van der Waals surface area contributed by atoms with Crippen molar-refractivity contribution in [2.24, 2.45) is 0 Å². The van der Waals surface area contributed by atoms with E-state index in [1.165, 1.54) is 25.3 Å². The molecule has 0 aliphatic rings. The second-order valence-corrected chi connectivity index (χ2v) is 4.15. The molecular formula is C13H11F2NO4. The van der Waals surface area contributed by atoms with Gasteiger partial charge in [0.1, 0.15) is 5.75 Å². The Labute approximate surface area is 112 Å². The summed E-state index contributed by atoms with van der Waals surface area (Å²) in [5, 5.41) is 12.1. The predicted octanol–water partition coefficient (Wildman–Crippen LogP) is 3.16. The zero-order valence-corrected chi connectivity index (χ0v) is 10.7. The number of halogens is 2. The van der Waals surface area contributed by atoms with Gasteiger partial charge in [0.25, 0.3) is 5.92 Å². The molecule has 0 unspecified atom stereocenters. The minimum absolute atomic E-state index is 0.0109. The summed E-state index contributed by atoms with van der Waals surface area (Å²) in [5.41, 5.74) is -0.694. The van der Waals surface area contributed by atoms with Crippen molar-refractivity contribution in [1.82, 2.24) is 5.16 Å². The number of nitrogens with zero attached hydrogens (tertiary/aromatic N) is 1. The van der Waals surface area contributed by atoms with Crippen molar-refractivity contribution < 1.29 is 27.9 Å². The summed E-state index contributed by atoms with van der Waals surface area (Å²) in [6.07, 6.45) is 0. The number of aromatic nitrogens is 1. The third kappa shape index (κ3) is 2.47. The average molecular weight is 283 g/mol. The lowest BCUT2D eigenvalue weighted by atomic mass is 9.99. The Kier molecular flexibility index (Phi) is 3.44. The van der Waals surface area contributed by atoms with E-state index in [0.717, 1.165) is 13.0 Å². The summed E-state index contributed by atoms with van der Waals surface area (Å²) < 4.78 is 37.3. The molecule has 0 aliphatic carbocycles. The summed E-state index contributed by atoms with van der Waals surface area (Å²) in [4.78, 5) is 10.8. The first-order valence-corrected chi connectivity index (χ1v) is 5.60. The van der Waals surface area contributed by atoms with E-state index >= 15 is 0 Å². The molecule has 0 fully saturated rings. The molecule has 2 rings (SSSR count). The minimum Gasteiger partial charge on any atom is -0.496 e. The Morgan fingerprint density at radius 3 is 2.65 bits per heavy atom. The maximum atomic E-state index is 13.8. The van der Waals surface area contributed by atoms with E-state index < -0.39 is 11.9 Å². The molecule has 0 saturated carbocycles. The van der Waals surface area contributed by atoms with E-state index in [1.807, 2.05) is 0 Å². The van der Waals surface area contributed by atoms with Crippen LogP contribution in [0.3, 0.4) is 0 Å². The molecule has 5 nitrogen and oxygen atoms in total. The molecule has 2 aromatic rings. The number of carbonyl (C=O) groups is 1. The Morgan fingerprint density at radius 1 is 1.45 bits per heavy atom. The van der Waals surface area contributed by atoms with Gasteiger partial charge in [-0.05, 0) is 6.07 Å². The van der Waals surface area contributed by atoms with Gasteiger partial charge in [-0.25, -0.2) is 13.6 Å². The molecule has 0 saturated heterocycles. The largest absolute Gasteiger partial charge is 0.496 e. The highest BCUT2D eigenvalue weighted by atomic mass is 19.3. The molecule has 0 radical (unpaired) electrons. The van der Waals surface area contributed by atoms with Gasteiger partial charge in [0, 0.05) is 18.6 Å². The molecule has 1 heterocycles. The Balaban J connectivity index is 2.64. The van der Waals surface area contributed by atoms with Crippen LogP contribution in [0, 0.1) is 0 Å². The molecule has 1 N–H and O–H groups in total. The third-order valence-electron chi connectivity index (χ3n) is 2.68. The Bertz CT molecular complexity index is 646. The summed E-state index contributed by atoms with van der Waals surface area (Å²) in [6.45, 7) is 0.725. The van der Waals surface area contributed by atoms with Gasteiger partial charge in [-0.2, -0.15) is 0 Å². The van der Waals surface area contributed by atoms with Gasteiger partial charge < -0.3 is 14.4 Å². The number of ether oxygens (including phenoxy) is 1. The van der Waals surface area contributed by atoms with Crippen LogP contribution in [0.15, 0.2) is 28.8 Å². The van der Waals surface area contributed by atoms with Crippen LogP contribution in [-0.2, 0) is 5.92 Å². The van der Waals surface area contributed by atoms with E-state index in [9.17, 15) is 13.6 Å². The van der Waals surface area contributed by atoms with Crippen LogP contribution >= 0.6 is 0 Å². The number of alkyl halides is 2. The standard InChI is InChI=1S/C13H11F2NO4/c1-13(14,15)11-7(4-3-5-9(11)19-2)10-6-8(12(17)18)16-20-10/h3-6H,1-2H3,(H,17,18). The Hall–Kier alpha value is -2.44. The zero-order chi connectivity index (χ0) is 14.9. The molecule has 0 spiro atoms. The van der Waals surface area contributed by atoms with Gasteiger partial charge in [-0.15, -0.1) is 0 Å². The van der Waals surface area contributed by atoms with Crippen LogP contribution in [0.25, 0.3) is 11.3 Å². The van der Waals surface area contributed by atoms with E-state index in [1.54, 1.807) is 0 Å². The van der Waals surface area contributed by atoms with E-state index in [-0.39, 0.29) is 28.3 Å². The van der Waals surface area contributed by atoms with Gasteiger partial charge >= 0.3 is 5.97 Å². The average Bonchev–Trinajstić information content (AvgIpc) is 2.86. The van der Waals surface area contributed by atoms with Crippen molar-refractivity contribution in [2.75, 3.05) is 7.11 Å². The van der Waals surface area contributed by atoms with Gasteiger partial charge in [0.2, 0.25) is 0 Å². The fourth-order valence-corrected chi connectivity index (χ4v) is 1.86. The maximum absolute atomic E-state index is 13.8. The monoisotopic (exact) mass is 283 g/mol. The number of carboxylic acids is 1. The fourth-order valence-electron chi connectivity index (χ4n) is 1.86. The number of aromatic carboxylic acids is 1. The van der Waals surface area contributed by atoms with Crippen LogP contribution in [0.2, 0.25) is 0 Å². The molecule has 0 amide bonds. The molecule has 106 valence electrons. The summed E-state index contributed by atoms with van der Waals surface area (Å²) >= 11 is 0. The number of hydrogen-bond acceptors (Lipinski definition) is 4. The van der Waals surface area contributed by atoms with Crippen molar-refractivity contribution >= 4 is 5.97 Å². The van der Waals surface area contributed by atoms with Crippen molar-refractivity contribution in [2.45, 2.75) is 12.8 Å². The number of rotatable bonds is 4. The first-order valence-electron chi connectivity index (χ1n) is 5.60. The second-order valence-electron chi connectivity index (χ2n) is 4.15. The molecule has 1 aromatic carbocycles. The highest BCUT2D eigenvalue weighted by Gasteiger charge is 2.33. The highest BCUT2D eigenvalue weighted by Crippen LogP contribution is 2.41. The number of benzene rings is 1. The highest BCUT2D eigenvalue weighted by molar-refractivity contribution is 5.86. The van der Waals surface area contributed by atoms with Gasteiger partial charge in [-0.1, -0.05) is 17.3 Å². The quantitative estimate of drug-likeness (QED) is 0.933. The topological polar surface area (TPSA) is 72.6 Å². The van der Waals surface area contributed by atoms with Crippen LogP contribution in [0.5, 0.6) is 5.75 Å². The fraction of sp³-hybridized carbons (Fsp3) is 0.231. The van der Waals surface area contributed by atoms with Crippen LogP contribution in [0.4, 0.5) is 8.78 Å². The first kappa shape index (κ1) is 14.0. The number of hydrogen-bond donors (Lipinski definition) is 1. The molecule has 7 heteroatoms. The van der Waals surface area contributed by atoms with Crippen LogP contribution in [-0.4, -0.2) is 23.3 Å². The van der Waals surface area contributed by atoms with Gasteiger partial charge in [0.15, 0.2) is 11.5 Å². The van der Waals surface area contributed by atoms with Gasteiger partial charge in [-0.3, -0.25) is 0 Å². The maximum Gasteiger partial charge on any atom is 0.358 e.